The van der Waals surface area contributed by atoms with Gasteiger partial charge >= 0.3 is 0 Å². The molecule has 7 heteroatoms. The number of benzene rings is 1. The van der Waals surface area contributed by atoms with Crippen molar-refractivity contribution < 1.29 is 19.1 Å². The summed E-state index contributed by atoms with van der Waals surface area (Å²) in [5, 5.41) is 2.95. The second-order valence-electron chi connectivity index (χ2n) is 7.59. The molecule has 7 nitrogen and oxygen atoms in total. The van der Waals surface area contributed by atoms with Gasteiger partial charge in [-0.15, -0.1) is 0 Å². The normalized spacial score (nSPS) is 22.7. The van der Waals surface area contributed by atoms with Crippen molar-refractivity contribution in [2.24, 2.45) is 0 Å². The van der Waals surface area contributed by atoms with Crippen molar-refractivity contribution in [3.63, 3.8) is 0 Å². The maximum atomic E-state index is 12.5. The van der Waals surface area contributed by atoms with E-state index in [0.29, 0.717) is 38.9 Å². The van der Waals surface area contributed by atoms with Crippen LogP contribution in [0, 0.1) is 0 Å². The molecule has 0 unspecified atom stereocenters. The molecule has 3 rings (SSSR count). The molecule has 0 aromatic heterocycles. The van der Waals surface area contributed by atoms with E-state index in [1.807, 2.05) is 31.2 Å². The van der Waals surface area contributed by atoms with E-state index in [9.17, 15) is 14.4 Å². The summed E-state index contributed by atoms with van der Waals surface area (Å²) in [5.41, 5.74) is 0.706. The van der Waals surface area contributed by atoms with Crippen LogP contribution >= 0.6 is 0 Å². The number of hydrogen-bond acceptors (Lipinski definition) is 4. The molecule has 1 aromatic carbocycles. The minimum absolute atomic E-state index is 0.0215. The van der Waals surface area contributed by atoms with E-state index >= 15 is 0 Å². The van der Waals surface area contributed by atoms with Crippen molar-refractivity contribution in [3.05, 3.63) is 29.8 Å². The molecule has 1 atom stereocenters. The lowest BCUT2D eigenvalue weighted by Crippen LogP contribution is -2.52. The molecule has 2 aliphatic heterocycles. The Kier molecular flexibility index (Phi) is 5.68. The van der Waals surface area contributed by atoms with Crippen molar-refractivity contribution >= 4 is 17.7 Å². The summed E-state index contributed by atoms with van der Waals surface area (Å²) in [5.74, 6) is 0.747. The number of carbonyl (C=O) groups excluding carboxylic acids is 3. The standard InChI is InChI=1S/C20H27N3O4/c1-20(8-6-17(24)21-20)9-7-18(25)23-11-10-22(19(26)14-23)13-15-4-3-5-16(12-15)27-2/h3-5,12H,6-11,13-14H2,1-2H3,(H,21,24)/t20-/m1/s1. The molecule has 2 saturated heterocycles. The van der Waals surface area contributed by atoms with E-state index in [2.05, 4.69) is 5.32 Å². The third kappa shape index (κ3) is 4.78. The van der Waals surface area contributed by atoms with E-state index in [4.69, 9.17) is 4.74 Å². The van der Waals surface area contributed by atoms with Gasteiger partial charge in [0.2, 0.25) is 17.7 Å². The third-order valence-electron chi connectivity index (χ3n) is 5.41. The monoisotopic (exact) mass is 373 g/mol. The molecule has 2 heterocycles. The van der Waals surface area contributed by atoms with Crippen molar-refractivity contribution in [1.29, 1.82) is 0 Å². The fourth-order valence-corrected chi connectivity index (χ4v) is 3.66. The highest BCUT2D eigenvalue weighted by Crippen LogP contribution is 2.25. The minimum Gasteiger partial charge on any atom is -0.497 e. The van der Waals surface area contributed by atoms with Gasteiger partial charge < -0.3 is 19.9 Å². The zero-order valence-corrected chi connectivity index (χ0v) is 16.0. The first kappa shape index (κ1) is 19.2. The van der Waals surface area contributed by atoms with Gasteiger partial charge in [-0.2, -0.15) is 0 Å². The fourth-order valence-electron chi connectivity index (χ4n) is 3.66. The van der Waals surface area contributed by atoms with Crippen molar-refractivity contribution in [2.45, 2.75) is 44.7 Å². The number of nitrogens with one attached hydrogen (secondary N) is 1. The minimum atomic E-state index is -0.301. The van der Waals surface area contributed by atoms with Gasteiger partial charge in [0, 0.05) is 38.0 Å². The summed E-state index contributed by atoms with van der Waals surface area (Å²) in [4.78, 5) is 39.8. The molecule has 0 saturated carbocycles. The maximum Gasteiger partial charge on any atom is 0.242 e. The number of hydrogen-bond donors (Lipinski definition) is 1. The summed E-state index contributed by atoms with van der Waals surface area (Å²) >= 11 is 0. The lowest BCUT2D eigenvalue weighted by molar-refractivity contribution is -0.145. The third-order valence-corrected chi connectivity index (χ3v) is 5.41. The van der Waals surface area contributed by atoms with Gasteiger partial charge in [-0.3, -0.25) is 14.4 Å². The Morgan fingerprint density at radius 2 is 2.11 bits per heavy atom. The fraction of sp³-hybridized carbons (Fsp3) is 0.550. The van der Waals surface area contributed by atoms with Crippen LogP contribution in [0.1, 0.15) is 38.2 Å². The SMILES string of the molecule is COc1cccc(CN2CCN(C(=O)CC[C@@]3(C)CCC(=O)N3)CC2=O)c1. The predicted molar refractivity (Wildman–Crippen MR) is 100 cm³/mol. The molecular weight excluding hydrogens is 346 g/mol. The number of carbonyl (C=O) groups is 3. The summed E-state index contributed by atoms with van der Waals surface area (Å²) in [6.45, 7) is 3.67. The second-order valence-corrected chi connectivity index (χ2v) is 7.59. The Labute approximate surface area is 159 Å². The van der Waals surface area contributed by atoms with Gasteiger partial charge in [0.25, 0.3) is 0 Å². The highest BCUT2D eigenvalue weighted by molar-refractivity contribution is 5.86. The molecule has 146 valence electrons. The van der Waals surface area contributed by atoms with Crippen LogP contribution in [0.5, 0.6) is 5.75 Å². The van der Waals surface area contributed by atoms with E-state index in [1.165, 1.54) is 0 Å². The Bertz CT molecular complexity index is 736. The van der Waals surface area contributed by atoms with E-state index in [0.717, 1.165) is 17.7 Å². The highest BCUT2D eigenvalue weighted by Gasteiger charge is 2.34. The van der Waals surface area contributed by atoms with Crippen LogP contribution in [-0.4, -0.2) is 59.8 Å². The summed E-state index contributed by atoms with van der Waals surface area (Å²) in [6.07, 6.45) is 2.23. The van der Waals surface area contributed by atoms with Gasteiger partial charge in [-0.1, -0.05) is 12.1 Å². The average molecular weight is 373 g/mol. The first-order chi connectivity index (χ1) is 12.9. The summed E-state index contributed by atoms with van der Waals surface area (Å²) < 4.78 is 5.22. The van der Waals surface area contributed by atoms with Crippen LogP contribution in [0.25, 0.3) is 0 Å². The second kappa shape index (κ2) is 7.98. The molecule has 0 radical (unpaired) electrons. The topological polar surface area (TPSA) is 79.0 Å². The van der Waals surface area contributed by atoms with E-state index in [-0.39, 0.29) is 29.8 Å². The van der Waals surface area contributed by atoms with Gasteiger partial charge in [0.1, 0.15) is 5.75 Å². The first-order valence-corrected chi connectivity index (χ1v) is 9.38. The molecule has 27 heavy (non-hydrogen) atoms. The lowest BCUT2D eigenvalue weighted by atomic mass is 9.94. The molecule has 2 fully saturated rings. The van der Waals surface area contributed by atoms with Crippen LogP contribution in [0.2, 0.25) is 0 Å². The number of nitrogens with zero attached hydrogens (tertiary/aromatic N) is 2. The van der Waals surface area contributed by atoms with Crippen LogP contribution < -0.4 is 10.1 Å². The molecule has 0 bridgehead atoms. The lowest BCUT2D eigenvalue weighted by Gasteiger charge is -2.35. The van der Waals surface area contributed by atoms with Gasteiger partial charge in [0.15, 0.2) is 0 Å². The largest absolute Gasteiger partial charge is 0.497 e. The zero-order valence-electron chi connectivity index (χ0n) is 16.0. The van der Waals surface area contributed by atoms with Crippen molar-refractivity contribution in [2.75, 3.05) is 26.7 Å². The number of amides is 3. The average Bonchev–Trinajstić information content (AvgIpc) is 3.01. The van der Waals surface area contributed by atoms with E-state index < -0.39 is 0 Å². The summed E-state index contributed by atoms with van der Waals surface area (Å²) in [6, 6.07) is 7.65. The first-order valence-electron chi connectivity index (χ1n) is 9.38. The number of piperazine rings is 1. The smallest absolute Gasteiger partial charge is 0.242 e. The number of methoxy groups -OCH3 is 1. The Balaban J connectivity index is 1.49. The Hall–Kier alpha value is -2.57. The van der Waals surface area contributed by atoms with Gasteiger partial charge in [-0.05, 0) is 37.5 Å². The zero-order chi connectivity index (χ0) is 19.4. The number of ether oxygens (including phenoxy) is 1. The van der Waals surface area contributed by atoms with Crippen LogP contribution in [0.3, 0.4) is 0 Å². The van der Waals surface area contributed by atoms with Crippen LogP contribution in [0.4, 0.5) is 0 Å². The molecule has 1 aromatic rings. The van der Waals surface area contributed by atoms with Crippen molar-refractivity contribution in [1.82, 2.24) is 15.1 Å². The molecule has 0 spiro atoms. The van der Waals surface area contributed by atoms with Gasteiger partial charge in [0.05, 0.1) is 13.7 Å². The Morgan fingerprint density at radius 1 is 1.30 bits per heavy atom. The maximum absolute atomic E-state index is 12.5. The van der Waals surface area contributed by atoms with Crippen molar-refractivity contribution in [3.8, 4) is 5.75 Å². The molecule has 1 N–H and O–H groups in total. The molecular formula is C20H27N3O4. The highest BCUT2D eigenvalue weighted by atomic mass is 16.5. The molecule has 0 aliphatic carbocycles. The Morgan fingerprint density at radius 3 is 2.78 bits per heavy atom. The predicted octanol–water partition coefficient (Wildman–Crippen LogP) is 1.31. The number of rotatable bonds is 6. The van der Waals surface area contributed by atoms with Crippen LogP contribution in [0.15, 0.2) is 24.3 Å². The summed E-state index contributed by atoms with van der Waals surface area (Å²) in [7, 11) is 1.62. The molecule has 3 amide bonds. The van der Waals surface area contributed by atoms with Gasteiger partial charge in [-0.25, -0.2) is 0 Å². The van der Waals surface area contributed by atoms with Crippen LogP contribution in [-0.2, 0) is 20.9 Å². The van der Waals surface area contributed by atoms with E-state index in [1.54, 1.807) is 16.9 Å². The molecule has 2 aliphatic rings. The quantitative estimate of drug-likeness (QED) is 0.816.